The molecule has 0 spiro atoms. The van der Waals surface area contributed by atoms with Gasteiger partial charge < -0.3 is 14.7 Å². The third-order valence-electron chi connectivity index (χ3n) is 2.20. The average Bonchev–Trinajstić information content (AvgIpc) is 2.55. The minimum Gasteiger partial charge on any atom is -0.395 e. The minimum absolute atomic E-state index is 0.0115. The number of ether oxygens (including phenoxy) is 1. The van der Waals surface area contributed by atoms with Crippen LogP contribution >= 0.6 is 0 Å². The van der Waals surface area contributed by atoms with Crippen molar-refractivity contribution in [1.82, 2.24) is 4.98 Å². The maximum absolute atomic E-state index is 10.5. The SMILES string of the molecule is CC.CC.COCCN(CCO)c1ccc([N+](=O)[O-])cn1. The van der Waals surface area contributed by atoms with Crippen LogP contribution in [0.5, 0.6) is 0 Å². The molecule has 0 aliphatic rings. The summed E-state index contributed by atoms with van der Waals surface area (Å²) in [4.78, 5) is 15.8. The van der Waals surface area contributed by atoms with Crippen molar-refractivity contribution in [2.75, 3.05) is 38.3 Å². The molecule has 0 aliphatic carbocycles. The molecule has 0 atom stereocenters. The van der Waals surface area contributed by atoms with Gasteiger partial charge in [-0.25, -0.2) is 4.98 Å². The van der Waals surface area contributed by atoms with E-state index in [0.717, 1.165) is 0 Å². The summed E-state index contributed by atoms with van der Waals surface area (Å²) in [5.41, 5.74) is -0.0514. The summed E-state index contributed by atoms with van der Waals surface area (Å²) in [6.45, 7) is 9.47. The van der Waals surface area contributed by atoms with Crippen LogP contribution in [-0.4, -0.2) is 48.4 Å². The lowest BCUT2D eigenvalue weighted by Gasteiger charge is -2.21. The van der Waals surface area contributed by atoms with E-state index in [2.05, 4.69) is 4.98 Å². The van der Waals surface area contributed by atoms with Gasteiger partial charge in [0.2, 0.25) is 0 Å². The predicted molar refractivity (Wildman–Crippen MR) is 84.8 cm³/mol. The van der Waals surface area contributed by atoms with Crippen molar-refractivity contribution in [3.63, 3.8) is 0 Å². The molecule has 0 bridgehead atoms. The summed E-state index contributed by atoms with van der Waals surface area (Å²) in [7, 11) is 1.58. The third kappa shape index (κ3) is 8.93. The van der Waals surface area contributed by atoms with Gasteiger partial charge in [-0.3, -0.25) is 10.1 Å². The molecule has 0 aromatic carbocycles. The Bertz CT molecular complexity index is 358. The Balaban J connectivity index is 0. The molecule has 0 aliphatic heterocycles. The maximum atomic E-state index is 10.5. The standard InChI is InChI=1S/C10H15N3O4.2C2H6/c1-17-7-5-12(4-6-14)10-3-2-9(8-11-10)13(15)16;2*1-2/h2-3,8,14H,4-7H2,1H3;2*1-2H3. The molecule has 21 heavy (non-hydrogen) atoms. The zero-order valence-electron chi connectivity index (χ0n) is 13.6. The number of hydrogen-bond donors (Lipinski definition) is 1. The highest BCUT2D eigenvalue weighted by atomic mass is 16.6. The third-order valence-corrected chi connectivity index (χ3v) is 2.20. The second-order valence-corrected chi connectivity index (χ2v) is 3.34. The number of aromatic nitrogens is 1. The van der Waals surface area contributed by atoms with E-state index in [9.17, 15) is 10.1 Å². The van der Waals surface area contributed by atoms with Gasteiger partial charge in [-0.1, -0.05) is 27.7 Å². The Hall–Kier alpha value is -1.73. The highest BCUT2D eigenvalue weighted by Crippen LogP contribution is 2.15. The molecule has 1 aromatic rings. The van der Waals surface area contributed by atoms with Gasteiger partial charge in [0, 0.05) is 26.3 Å². The van der Waals surface area contributed by atoms with Crippen LogP contribution in [0.1, 0.15) is 27.7 Å². The van der Waals surface area contributed by atoms with Gasteiger partial charge in [-0.2, -0.15) is 0 Å². The summed E-state index contributed by atoms with van der Waals surface area (Å²) in [5.74, 6) is 0.585. The molecule has 1 aromatic heterocycles. The fourth-order valence-electron chi connectivity index (χ4n) is 1.34. The molecular weight excluding hydrogens is 274 g/mol. The lowest BCUT2D eigenvalue weighted by Crippen LogP contribution is -2.30. The first-order valence-electron chi connectivity index (χ1n) is 7.14. The van der Waals surface area contributed by atoms with Crippen LogP contribution in [0.2, 0.25) is 0 Å². The molecule has 122 valence electrons. The first-order valence-corrected chi connectivity index (χ1v) is 7.14. The number of nitro groups is 1. The summed E-state index contributed by atoms with van der Waals surface area (Å²) in [6, 6.07) is 2.95. The minimum atomic E-state index is -0.498. The molecule has 1 heterocycles. The molecule has 0 amide bonds. The van der Waals surface area contributed by atoms with Crippen molar-refractivity contribution in [2.45, 2.75) is 27.7 Å². The molecule has 0 radical (unpaired) electrons. The quantitative estimate of drug-likeness (QED) is 0.615. The summed E-state index contributed by atoms with van der Waals surface area (Å²) in [5, 5.41) is 19.4. The van der Waals surface area contributed by atoms with Crippen LogP contribution in [0.15, 0.2) is 18.3 Å². The largest absolute Gasteiger partial charge is 0.395 e. The van der Waals surface area contributed by atoms with Gasteiger partial charge in [-0.05, 0) is 6.07 Å². The van der Waals surface area contributed by atoms with Gasteiger partial charge in [0.1, 0.15) is 12.0 Å². The monoisotopic (exact) mass is 301 g/mol. The number of aliphatic hydroxyl groups is 1. The molecule has 0 unspecified atom stereocenters. The molecular formula is C14H27N3O4. The lowest BCUT2D eigenvalue weighted by molar-refractivity contribution is -0.385. The van der Waals surface area contributed by atoms with E-state index in [1.807, 2.05) is 27.7 Å². The van der Waals surface area contributed by atoms with E-state index in [0.29, 0.717) is 25.5 Å². The van der Waals surface area contributed by atoms with Crippen molar-refractivity contribution in [3.05, 3.63) is 28.4 Å². The zero-order valence-corrected chi connectivity index (χ0v) is 13.6. The highest BCUT2D eigenvalue weighted by molar-refractivity contribution is 5.42. The Morgan fingerprint density at radius 1 is 1.29 bits per heavy atom. The van der Waals surface area contributed by atoms with Crippen LogP contribution in [0, 0.1) is 10.1 Å². The number of aliphatic hydroxyl groups excluding tert-OH is 1. The smallest absolute Gasteiger partial charge is 0.287 e. The maximum Gasteiger partial charge on any atom is 0.287 e. The number of hydrogen-bond acceptors (Lipinski definition) is 6. The molecule has 1 rings (SSSR count). The van der Waals surface area contributed by atoms with Crippen LogP contribution < -0.4 is 4.90 Å². The normalized spacial score (nSPS) is 8.86. The van der Waals surface area contributed by atoms with E-state index in [4.69, 9.17) is 9.84 Å². The second kappa shape index (κ2) is 14.7. The van der Waals surface area contributed by atoms with E-state index in [-0.39, 0.29) is 12.3 Å². The fourth-order valence-corrected chi connectivity index (χ4v) is 1.34. The molecule has 7 nitrogen and oxygen atoms in total. The van der Waals surface area contributed by atoms with Crippen molar-refractivity contribution >= 4 is 11.5 Å². The van der Waals surface area contributed by atoms with Crippen LogP contribution in [0.3, 0.4) is 0 Å². The molecule has 0 saturated carbocycles. The summed E-state index contributed by atoms with van der Waals surface area (Å²) >= 11 is 0. The molecule has 0 fully saturated rings. The van der Waals surface area contributed by atoms with Crippen LogP contribution in [-0.2, 0) is 4.74 Å². The fraction of sp³-hybridized carbons (Fsp3) is 0.643. The number of pyridine rings is 1. The van der Waals surface area contributed by atoms with Crippen LogP contribution in [0.4, 0.5) is 11.5 Å². The van der Waals surface area contributed by atoms with E-state index in [1.165, 1.54) is 12.3 Å². The van der Waals surface area contributed by atoms with E-state index in [1.54, 1.807) is 18.1 Å². The number of nitrogens with zero attached hydrogens (tertiary/aromatic N) is 3. The number of methoxy groups -OCH3 is 1. The summed E-state index contributed by atoms with van der Waals surface area (Å²) < 4.78 is 4.94. The van der Waals surface area contributed by atoms with E-state index >= 15 is 0 Å². The average molecular weight is 301 g/mol. The van der Waals surface area contributed by atoms with Crippen molar-refractivity contribution in [3.8, 4) is 0 Å². The number of rotatable bonds is 7. The number of anilines is 1. The lowest BCUT2D eigenvalue weighted by atomic mass is 10.3. The van der Waals surface area contributed by atoms with Gasteiger partial charge in [0.05, 0.1) is 18.1 Å². The summed E-state index contributed by atoms with van der Waals surface area (Å²) in [6.07, 6.45) is 1.20. The van der Waals surface area contributed by atoms with Gasteiger partial charge in [-0.15, -0.1) is 0 Å². The topological polar surface area (TPSA) is 88.7 Å². The van der Waals surface area contributed by atoms with Gasteiger partial charge in [0.25, 0.3) is 5.69 Å². The van der Waals surface area contributed by atoms with Crippen molar-refractivity contribution in [2.24, 2.45) is 0 Å². The van der Waals surface area contributed by atoms with Gasteiger partial charge >= 0.3 is 0 Å². The van der Waals surface area contributed by atoms with Crippen molar-refractivity contribution < 1.29 is 14.8 Å². The van der Waals surface area contributed by atoms with Crippen LogP contribution in [0.25, 0.3) is 0 Å². The Morgan fingerprint density at radius 3 is 2.29 bits per heavy atom. The Labute approximate surface area is 126 Å². The first-order chi connectivity index (χ1) is 10.2. The molecule has 1 N–H and O–H groups in total. The van der Waals surface area contributed by atoms with E-state index < -0.39 is 4.92 Å². The predicted octanol–water partition coefficient (Wildman–Crippen LogP) is 2.49. The van der Waals surface area contributed by atoms with Crippen molar-refractivity contribution in [1.29, 1.82) is 0 Å². The molecule has 7 heteroatoms. The zero-order chi connectivity index (χ0) is 16.7. The van der Waals surface area contributed by atoms with Gasteiger partial charge in [0.15, 0.2) is 0 Å². The highest BCUT2D eigenvalue weighted by Gasteiger charge is 2.10. The first kappa shape index (κ1) is 21.6. The Morgan fingerprint density at radius 2 is 1.90 bits per heavy atom. The second-order valence-electron chi connectivity index (χ2n) is 3.34. The Kier molecular flexibility index (Phi) is 15.1. The molecule has 0 saturated heterocycles.